The van der Waals surface area contributed by atoms with Gasteiger partial charge in [-0.1, -0.05) is 154 Å². The molecule has 0 spiro atoms. The van der Waals surface area contributed by atoms with Gasteiger partial charge in [0, 0.05) is 24.8 Å². The van der Waals surface area contributed by atoms with Gasteiger partial charge >= 0.3 is 0 Å². The Labute approximate surface area is 308 Å². The fourth-order valence-corrected chi connectivity index (χ4v) is 29.3. The molecule has 6 aromatic carbocycles. The highest BCUT2D eigenvalue weighted by molar-refractivity contribution is 7.68. The molecule has 0 unspecified atom stereocenters. The van der Waals surface area contributed by atoms with Crippen LogP contribution in [0.15, 0.2) is 195 Å². The Morgan fingerprint density at radius 3 is 0.904 bits per heavy atom. The molecule has 0 saturated heterocycles. The molecule has 0 amide bonds. The summed E-state index contributed by atoms with van der Waals surface area (Å²) in [6.45, 7) is 4.60. The van der Waals surface area contributed by atoms with Crippen molar-refractivity contribution in [1.82, 2.24) is 9.97 Å². The number of benzene rings is 6. The Balaban J connectivity index is 1.57. The average molecular weight is 699 g/mol. The van der Waals surface area contributed by atoms with Crippen LogP contribution in [0.1, 0.15) is 11.1 Å². The van der Waals surface area contributed by atoms with Crippen LogP contribution in [0.25, 0.3) is 33.4 Å². The molecular weight excluding hydrogens is 661 g/mol. The third kappa shape index (κ3) is 4.75. The van der Waals surface area contributed by atoms with Crippen LogP contribution >= 0.6 is 0 Å². The maximum atomic E-state index is 4.37. The third-order valence-electron chi connectivity index (χ3n) is 11.2. The topological polar surface area (TPSA) is 25.8 Å². The quantitative estimate of drug-likeness (QED) is 0.173. The van der Waals surface area contributed by atoms with E-state index in [9.17, 15) is 0 Å². The predicted molar refractivity (Wildman–Crippen MR) is 223 cm³/mol. The van der Waals surface area contributed by atoms with E-state index in [0.29, 0.717) is 0 Å². The molecule has 0 bridgehead atoms. The standard InChI is InChI=1S/C48H38N2Si2/c1-35-31-47-45(33-43(35)37-23-27-49-28-24-37)46-34-44(38-25-29-50-30-26-38)36(2)32-48(46)52(41-19-11-5-12-20-41,42-21-13-6-14-22-42)51(47,39-15-7-3-8-16-39)40-17-9-4-10-18-40/h3-34H,1-2H3. The van der Waals surface area contributed by atoms with E-state index < -0.39 is 15.2 Å². The van der Waals surface area contributed by atoms with Gasteiger partial charge in [0.15, 0.2) is 15.2 Å². The summed E-state index contributed by atoms with van der Waals surface area (Å²) in [5.74, 6) is 0. The molecule has 0 fully saturated rings. The zero-order chi connectivity index (χ0) is 35.1. The summed E-state index contributed by atoms with van der Waals surface area (Å²) in [4.78, 5) is 8.75. The summed E-state index contributed by atoms with van der Waals surface area (Å²) in [6, 6.07) is 65.0. The van der Waals surface area contributed by atoms with Gasteiger partial charge in [-0.05, 0) is 105 Å². The van der Waals surface area contributed by atoms with Gasteiger partial charge in [0.2, 0.25) is 0 Å². The number of aryl methyl sites for hydroxylation is 2. The van der Waals surface area contributed by atoms with Gasteiger partial charge in [-0.2, -0.15) is 0 Å². The number of aromatic nitrogens is 2. The van der Waals surface area contributed by atoms with Crippen LogP contribution in [0.4, 0.5) is 0 Å². The van der Waals surface area contributed by atoms with Gasteiger partial charge < -0.3 is 0 Å². The Hall–Kier alpha value is -5.95. The number of hydrogen-bond acceptors (Lipinski definition) is 2. The zero-order valence-electron chi connectivity index (χ0n) is 29.4. The van der Waals surface area contributed by atoms with E-state index in [1.807, 2.05) is 24.8 Å². The maximum Gasteiger partial charge on any atom is 0.155 e. The smallest absolute Gasteiger partial charge is 0.155 e. The van der Waals surface area contributed by atoms with Crippen LogP contribution in [-0.2, 0) is 0 Å². The average Bonchev–Trinajstić information content (AvgIpc) is 3.22. The summed E-state index contributed by atoms with van der Waals surface area (Å²) in [5, 5.41) is 8.74. The van der Waals surface area contributed by atoms with Crippen molar-refractivity contribution in [2.45, 2.75) is 13.8 Å². The molecule has 4 heteroatoms. The summed E-state index contributed by atoms with van der Waals surface area (Å²) in [6.07, 6.45) is 7.62. The maximum absolute atomic E-state index is 4.37. The summed E-state index contributed by atoms with van der Waals surface area (Å²) >= 11 is 0. The molecule has 0 radical (unpaired) electrons. The predicted octanol–water partition coefficient (Wildman–Crippen LogP) is 7.13. The summed E-state index contributed by atoms with van der Waals surface area (Å²) in [7, 11) is -6.05. The van der Waals surface area contributed by atoms with Crippen LogP contribution in [0.2, 0.25) is 0 Å². The van der Waals surface area contributed by atoms with E-state index in [-0.39, 0.29) is 0 Å². The Bertz CT molecular complexity index is 2250. The van der Waals surface area contributed by atoms with Crippen molar-refractivity contribution >= 4 is 46.3 Å². The molecule has 8 aromatic rings. The number of hydrogen-bond donors (Lipinski definition) is 0. The van der Waals surface area contributed by atoms with Crippen molar-refractivity contribution in [2.75, 3.05) is 0 Å². The van der Waals surface area contributed by atoms with Crippen molar-refractivity contribution in [3.8, 4) is 33.4 Å². The molecule has 2 nitrogen and oxygen atoms in total. The van der Waals surface area contributed by atoms with Crippen molar-refractivity contribution < 1.29 is 0 Å². The molecule has 2 aromatic heterocycles. The fourth-order valence-electron chi connectivity index (χ4n) is 9.14. The normalized spacial score (nSPS) is 13.9. The molecule has 1 aliphatic heterocycles. The fraction of sp³-hybridized carbons (Fsp3) is 0.0417. The van der Waals surface area contributed by atoms with E-state index >= 15 is 0 Å². The number of pyridine rings is 2. The monoisotopic (exact) mass is 698 g/mol. The molecule has 0 atom stereocenters. The van der Waals surface area contributed by atoms with Crippen LogP contribution in [0.5, 0.6) is 0 Å². The Kier molecular flexibility index (Phi) is 7.99. The van der Waals surface area contributed by atoms with Crippen molar-refractivity contribution in [3.63, 3.8) is 0 Å². The van der Waals surface area contributed by atoms with Gasteiger partial charge in [0.1, 0.15) is 0 Å². The summed E-state index contributed by atoms with van der Waals surface area (Å²) < 4.78 is 0. The van der Waals surface area contributed by atoms with Crippen LogP contribution in [0.3, 0.4) is 0 Å². The van der Waals surface area contributed by atoms with E-state index in [2.05, 4.69) is 194 Å². The van der Waals surface area contributed by atoms with Crippen LogP contribution in [-0.4, -0.2) is 25.2 Å². The zero-order valence-corrected chi connectivity index (χ0v) is 31.4. The largest absolute Gasteiger partial charge is 0.265 e. The lowest BCUT2D eigenvalue weighted by molar-refractivity contribution is 1.32. The lowest BCUT2D eigenvalue weighted by atomic mass is 9.92. The number of nitrogens with zero attached hydrogens (tertiary/aromatic N) is 2. The highest BCUT2D eigenvalue weighted by atomic mass is 29.3. The first-order valence-electron chi connectivity index (χ1n) is 18.0. The van der Waals surface area contributed by atoms with Crippen molar-refractivity contribution in [3.05, 3.63) is 206 Å². The molecule has 0 N–H and O–H groups in total. The first-order chi connectivity index (χ1) is 25.6. The molecule has 248 valence electrons. The molecule has 0 saturated carbocycles. The van der Waals surface area contributed by atoms with E-state index in [1.165, 1.54) is 75.6 Å². The van der Waals surface area contributed by atoms with E-state index in [0.717, 1.165) is 0 Å². The van der Waals surface area contributed by atoms with Crippen molar-refractivity contribution in [1.29, 1.82) is 0 Å². The van der Waals surface area contributed by atoms with E-state index in [1.54, 1.807) is 0 Å². The number of fused-ring (bicyclic) bond motifs is 3. The summed E-state index contributed by atoms with van der Waals surface area (Å²) in [5.41, 5.74) is 10.1. The van der Waals surface area contributed by atoms with Crippen molar-refractivity contribution in [2.24, 2.45) is 0 Å². The molecule has 52 heavy (non-hydrogen) atoms. The molecular formula is C48H38N2Si2. The highest BCUT2D eigenvalue weighted by Gasteiger charge is 2.65. The van der Waals surface area contributed by atoms with Crippen LogP contribution in [0, 0.1) is 13.8 Å². The third-order valence-corrected chi connectivity index (χ3v) is 28.0. The lowest BCUT2D eigenvalue weighted by Gasteiger charge is -2.54. The van der Waals surface area contributed by atoms with Gasteiger partial charge in [-0.25, -0.2) is 0 Å². The lowest BCUT2D eigenvalue weighted by Crippen LogP contribution is -2.95. The second-order valence-electron chi connectivity index (χ2n) is 13.9. The van der Waals surface area contributed by atoms with Gasteiger partial charge in [0.25, 0.3) is 0 Å². The minimum absolute atomic E-state index is 1.19. The van der Waals surface area contributed by atoms with Gasteiger partial charge in [-0.3, -0.25) is 9.97 Å². The van der Waals surface area contributed by atoms with Gasteiger partial charge in [0.05, 0.1) is 0 Å². The second kappa shape index (κ2) is 13.0. The Morgan fingerprint density at radius 2 is 0.615 bits per heavy atom. The first kappa shape index (κ1) is 32.0. The second-order valence-corrected chi connectivity index (χ2v) is 24.7. The number of rotatable bonds is 6. The Morgan fingerprint density at radius 1 is 0.327 bits per heavy atom. The minimum atomic E-state index is -3.03. The molecule has 3 heterocycles. The van der Waals surface area contributed by atoms with Gasteiger partial charge in [-0.15, -0.1) is 0 Å². The molecule has 1 aliphatic rings. The first-order valence-corrected chi connectivity index (χ1v) is 23.0. The molecule has 9 rings (SSSR count). The highest BCUT2D eigenvalue weighted by Crippen LogP contribution is 2.39. The van der Waals surface area contributed by atoms with E-state index in [4.69, 9.17) is 0 Å². The molecule has 0 aliphatic carbocycles. The minimum Gasteiger partial charge on any atom is -0.265 e. The SMILES string of the molecule is Cc1cc2c(cc1-c1ccncc1)-c1cc(-c3ccncc3)c(C)cc1[Si](c1ccccc1)(c1ccccc1)[Si]2(c1ccccc1)c1ccccc1. The van der Waals surface area contributed by atoms with Crippen LogP contribution < -0.4 is 31.1 Å².